The van der Waals surface area contributed by atoms with Crippen molar-refractivity contribution in [1.29, 1.82) is 0 Å². The van der Waals surface area contributed by atoms with Gasteiger partial charge in [-0.25, -0.2) is 0 Å². The van der Waals surface area contributed by atoms with E-state index in [9.17, 15) is 25.2 Å². The van der Waals surface area contributed by atoms with Crippen molar-refractivity contribution in [3.63, 3.8) is 0 Å². The molecule has 4 aromatic carbocycles. The fourth-order valence-electron chi connectivity index (χ4n) is 12.6. The lowest BCUT2D eigenvalue weighted by atomic mass is 9.72. The van der Waals surface area contributed by atoms with Gasteiger partial charge in [0.15, 0.2) is 0 Å². The molecule has 8 rings (SSSR count). The molecular weight excluding hydrogens is 992 g/mol. The molecule has 0 heterocycles. The quantitative estimate of drug-likeness (QED) is 0.0374. The van der Waals surface area contributed by atoms with E-state index in [0.717, 1.165) is 160 Å². The van der Waals surface area contributed by atoms with Gasteiger partial charge in [-0.1, -0.05) is 174 Å². The Bertz CT molecular complexity index is 2110. The third kappa shape index (κ3) is 19.2. The molecule has 0 bridgehead atoms. The molecule has 430 valence electrons. The summed E-state index contributed by atoms with van der Waals surface area (Å²) in [5.41, 5.74) is 11.3. The van der Waals surface area contributed by atoms with Gasteiger partial charge in [0.05, 0.1) is 48.8 Å². The summed E-state index contributed by atoms with van der Waals surface area (Å²) < 4.78 is 0. The third-order valence-corrected chi connectivity index (χ3v) is 17.2. The number of likely N-dealkylation sites (N-methyl/N-ethyl adjacent to an activating group) is 2. The first kappa shape index (κ1) is 65.7. The summed E-state index contributed by atoms with van der Waals surface area (Å²) in [6, 6.07) is 31.4. The van der Waals surface area contributed by atoms with Gasteiger partial charge in [0.25, 0.3) is 0 Å². The van der Waals surface area contributed by atoms with Gasteiger partial charge in [0.2, 0.25) is 6.41 Å². The van der Waals surface area contributed by atoms with Gasteiger partial charge in [-0.2, -0.15) is 0 Å². The van der Waals surface area contributed by atoms with Crippen molar-refractivity contribution in [3.8, 4) is 0 Å². The number of benzene rings is 4. The molecule has 13 nitrogen and oxygen atoms in total. The molecule has 4 aliphatic carbocycles. The van der Waals surface area contributed by atoms with Crippen molar-refractivity contribution in [1.82, 2.24) is 16.0 Å². The molecule has 4 aromatic rings. The fraction of sp³-hybridized carbons (Fsp3) is 0.603. The number of aliphatic hydroxyl groups excluding tert-OH is 4. The molecule has 4 unspecified atom stereocenters. The Morgan fingerprint density at radius 1 is 0.403 bits per heavy atom. The van der Waals surface area contributed by atoms with Gasteiger partial charge < -0.3 is 62.5 Å². The predicted octanol–water partition coefficient (Wildman–Crippen LogP) is 8.40. The number of nitrogens with one attached hydrogen (secondary N) is 3. The van der Waals surface area contributed by atoms with Crippen molar-refractivity contribution >= 4 is 18.8 Å². The van der Waals surface area contributed by atoms with Crippen molar-refractivity contribution in [2.45, 2.75) is 201 Å². The van der Waals surface area contributed by atoms with Crippen LogP contribution in [-0.4, -0.2) is 110 Å². The maximum atomic E-state index is 11.0. The summed E-state index contributed by atoms with van der Waals surface area (Å²) in [7, 11) is 3.86. The molecule has 0 saturated heterocycles. The molecule has 77 heavy (non-hydrogen) atoms. The smallest absolute Gasteiger partial charge is 0.207 e. The summed E-state index contributed by atoms with van der Waals surface area (Å²) in [4.78, 5) is 10.6. The van der Waals surface area contributed by atoms with Gasteiger partial charge in [0.1, 0.15) is 0 Å². The van der Waals surface area contributed by atoms with Gasteiger partial charge in [-0.3, -0.25) is 4.79 Å². The van der Waals surface area contributed by atoms with Crippen LogP contribution in [0.1, 0.15) is 197 Å². The number of carbonyl (C=O) groups is 1. The average Bonchev–Trinajstić information content (AvgIpc) is 3.46. The highest BCUT2D eigenvalue weighted by atomic mass is 35.5. The van der Waals surface area contributed by atoms with Gasteiger partial charge in [-0.05, 0) is 110 Å². The van der Waals surface area contributed by atoms with E-state index in [4.69, 9.17) is 26.2 Å². The average molecular weight is 1090 g/mol. The molecule has 0 spiro atoms. The topological polar surface area (TPSA) is 241 Å². The molecule has 1 amide bonds. The number of aliphatic hydroxyl groups is 8. The Kier molecular flexibility index (Phi) is 28.8. The molecular formula is C63H97ClN4O9. The maximum Gasteiger partial charge on any atom is 0.207 e. The Morgan fingerprint density at radius 3 is 0.831 bits per heavy atom. The van der Waals surface area contributed by atoms with Crippen LogP contribution in [0.2, 0.25) is 0 Å². The van der Waals surface area contributed by atoms with Crippen LogP contribution in [0.5, 0.6) is 0 Å². The third-order valence-electron chi connectivity index (χ3n) is 17.2. The summed E-state index contributed by atoms with van der Waals surface area (Å²) in [5.74, 6) is 0.169. The number of nitrogens with two attached hydrogens (primary N) is 1. The lowest BCUT2D eigenvalue weighted by Gasteiger charge is -2.39. The normalized spacial score (nSPS) is 19.8. The molecule has 4 fully saturated rings. The van der Waals surface area contributed by atoms with E-state index in [1.807, 2.05) is 111 Å². The van der Waals surface area contributed by atoms with E-state index in [1.165, 1.54) is 25.7 Å². The summed E-state index contributed by atoms with van der Waals surface area (Å²) in [5, 5.41) is 89.1. The highest BCUT2D eigenvalue weighted by molar-refractivity contribution is 5.85. The lowest BCUT2D eigenvalue weighted by molar-refractivity contribution is -0.110. The molecule has 4 saturated carbocycles. The van der Waals surface area contributed by atoms with Crippen LogP contribution in [-0.2, 0) is 31.2 Å². The van der Waals surface area contributed by atoms with Crippen LogP contribution in [0.15, 0.2) is 97.1 Å². The zero-order valence-corrected chi connectivity index (χ0v) is 47.2. The van der Waals surface area contributed by atoms with Crippen molar-refractivity contribution in [2.24, 2.45) is 5.73 Å². The Labute approximate surface area is 466 Å². The Morgan fingerprint density at radius 2 is 0.623 bits per heavy atom. The fourth-order valence-corrected chi connectivity index (χ4v) is 12.6. The maximum absolute atomic E-state index is 11.0. The molecule has 14 heteroatoms. The van der Waals surface area contributed by atoms with E-state index in [0.29, 0.717) is 19.5 Å². The lowest BCUT2D eigenvalue weighted by Crippen LogP contribution is -2.42. The summed E-state index contributed by atoms with van der Waals surface area (Å²) in [6.45, 7) is 2.69. The number of halogens is 1. The SMILES string of the molecule is CNCC(c1ccc(CO)cc1)C1(O)CCCCC1.CNCC(c1ccc(CO)cc1)C1(O)CCCCC1.Cl.NCC(c1ccc(CO)cc1)C1(O)CCCCC1.O=CNCC(c1ccc(CO)cc1)C1(O)CCCCC1. The molecule has 13 N–H and O–H groups in total. The number of amides is 1. The van der Waals surface area contributed by atoms with Crippen molar-refractivity contribution in [3.05, 3.63) is 142 Å². The zero-order valence-electron chi connectivity index (χ0n) is 46.4. The van der Waals surface area contributed by atoms with Crippen LogP contribution < -0.4 is 21.7 Å². The van der Waals surface area contributed by atoms with E-state index >= 15 is 0 Å². The molecule has 0 aliphatic heterocycles. The van der Waals surface area contributed by atoms with Crippen LogP contribution in [0.25, 0.3) is 0 Å². The summed E-state index contributed by atoms with van der Waals surface area (Å²) >= 11 is 0. The minimum absolute atomic E-state index is 0. The van der Waals surface area contributed by atoms with E-state index in [-0.39, 0.29) is 62.5 Å². The first-order chi connectivity index (χ1) is 36.8. The zero-order chi connectivity index (χ0) is 54.9. The standard InChI is InChI=1S/C16H23NO3.2C16H25NO2.C15H23NO2.ClH/c18-11-13-4-6-14(7-5-13)15(10-17-12-19)16(20)8-2-1-3-9-16;2*1-17-11-15(16(19)9-3-2-4-10-16)14-7-5-13(12-18)6-8-14;16-10-14(15(18)8-2-1-3-9-15)13-6-4-12(11-17)5-7-13;/h4-7,12,15,18,20H,1-3,8-11H2,(H,17,19);2*5-8,15,17-19H,2-4,9-12H2,1H3;4-7,14,17-18H,1-3,8-11,16H2;1H. The summed E-state index contributed by atoms with van der Waals surface area (Å²) in [6.07, 6.45) is 21.0. The molecule has 4 atom stereocenters. The second kappa shape index (κ2) is 33.7. The minimum Gasteiger partial charge on any atom is -0.392 e. The van der Waals surface area contributed by atoms with Crippen LogP contribution in [0, 0.1) is 0 Å². The Balaban J connectivity index is 0.000000221. The van der Waals surface area contributed by atoms with Gasteiger partial charge in [-0.15, -0.1) is 12.4 Å². The largest absolute Gasteiger partial charge is 0.392 e. The van der Waals surface area contributed by atoms with Gasteiger partial charge in [0, 0.05) is 49.9 Å². The highest BCUT2D eigenvalue weighted by Gasteiger charge is 2.41. The Hall–Kier alpha value is -3.80. The molecule has 0 radical (unpaired) electrons. The number of carbonyl (C=O) groups excluding carboxylic acids is 1. The van der Waals surface area contributed by atoms with Crippen LogP contribution >= 0.6 is 12.4 Å². The van der Waals surface area contributed by atoms with Crippen molar-refractivity contribution < 1.29 is 45.6 Å². The first-order valence-electron chi connectivity index (χ1n) is 28.6. The molecule has 4 aliphatic rings. The molecule has 0 aromatic heterocycles. The second-order valence-corrected chi connectivity index (χ2v) is 22.3. The number of hydrogen-bond donors (Lipinski definition) is 12. The predicted molar refractivity (Wildman–Crippen MR) is 311 cm³/mol. The van der Waals surface area contributed by atoms with Crippen LogP contribution in [0.3, 0.4) is 0 Å². The van der Waals surface area contributed by atoms with Crippen molar-refractivity contribution in [2.75, 3.05) is 40.3 Å². The monoisotopic (exact) mass is 1090 g/mol. The first-order valence-corrected chi connectivity index (χ1v) is 28.6. The van der Waals surface area contributed by atoms with E-state index < -0.39 is 22.4 Å². The number of rotatable bonds is 20. The van der Waals surface area contributed by atoms with E-state index in [1.54, 1.807) is 0 Å². The number of hydrogen-bond acceptors (Lipinski definition) is 12. The highest BCUT2D eigenvalue weighted by Crippen LogP contribution is 2.43. The van der Waals surface area contributed by atoms with Gasteiger partial charge >= 0.3 is 0 Å². The van der Waals surface area contributed by atoms with E-state index in [2.05, 4.69) is 16.0 Å². The minimum atomic E-state index is -0.741. The second-order valence-electron chi connectivity index (χ2n) is 22.3. The van der Waals surface area contributed by atoms with Crippen LogP contribution in [0.4, 0.5) is 0 Å².